The molecule has 7 nitrogen and oxygen atoms in total. The summed E-state index contributed by atoms with van der Waals surface area (Å²) in [5, 5.41) is 6.20. The van der Waals surface area contributed by atoms with Gasteiger partial charge < -0.3 is 4.74 Å². The highest BCUT2D eigenvalue weighted by Gasteiger charge is 2.22. The predicted molar refractivity (Wildman–Crippen MR) is 79.3 cm³/mol. The number of hydrogen-bond donors (Lipinski definition) is 2. The Hall–Kier alpha value is -2.57. The van der Waals surface area contributed by atoms with Crippen molar-refractivity contribution in [2.45, 2.75) is 26.4 Å². The third-order valence-electron chi connectivity index (χ3n) is 2.69. The van der Waals surface area contributed by atoms with Crippen LogP contribution in [0.1, 0.15) is 20.8 Å². The normalized spacial score (nSPS) is 11.2. The predicted octanol–water partition coefficient (Wildman–Crippen LogP) is 2.14. The Morgan fingerprint density at radius 3 is 2.52 bits per heavy atom. The van der Waals surface area contributed by atoms with Gasteiger partial charge in [-0.1, -0.05) is 12.1 Å². The van der Waals surface area contributed by atoms with Crippen LogP contribution in [0.2, 0.25) is 0 Å². The molecule has 0 aliphatic heterocycles. The summed E-state index contributed by atoms with van der Waals surface area (Å²) in [5.41, 5.74) is 0.236. The Kier molecular flexibility index (Phi) is 3.84. The molecule has 0 radical (unpaired) electrons. The molecule has 2 rings (SSSR count). The maximum Gasteiger partial charge on any atom is 0.414 e. The molecular formula is C14H18N4O3. The van der Waals surface area contributed by atoms with Crippen LogP contribution in [0.4, 0.5) is 10.5 Å². The summed E-state index contributed by atoms with van der Waals surface area (Å²) < 4.78 is 5.34. The van der Waals surface area contributed by atoms with Gasteiger partial charge in [-0.2, -0.15) is 5.10 Å². The van der Waals surface area contributed by atoms with Gasteiger partial charge in [0.2, 0.25) is 0 Å². The Labute approximate surface area is 121 Å². The number of aromatic amines is 2. The average Bonchev–Trinajstić information content (AvgIpc) is 2.82. The van der Waals surface area contributed by atoms with Crippen molar-refractivity contribution in [3.05, 3.63) is 34.7 Å². The molecule has 0 saturated carbocycles. The fourth-order valence-electron chi connectivity index (χ4n) is 1.79. The summed E-state index contributed by atoms with van der Waals surface area (Å²) in [6, 6.07) is 7.12. The minimum absolute atomic E-state index is 0.367. The lowest BCUT2D eigenvalue weighted by Crippen LogP contribution is -2.34. The highest BCUT2D eigenvalue weighted by molar-refractivity contribution is 5.92. The van der Waals surface area contributed by atoms with E-state index in [1.54, 1.807) is 52.1 Å². The van der Waals surface area contributed by atoms with E-state index in [4.69, 9.17) is 4.74 Å². The standard InChI is InChI=1S/C14H18N4O3/c1-14(2,3)21-13(20)18(4)10-8-6-5-7-9(10)11-15-12(19)17-16-11/h5-8H,1-4H3,(H2,15,16,17,19). The monoisotopic (exact) mass is 290 g/mol. The van der Waals surface area contributed by atoms with E-state index in [9.17, 15) is 9.59 Å². The van der Waals surface area contributed by atoms with Crippen molar-refractivity contribution in [2.75, 3.05) is 11.9 Å². The Bertz CT molecular complexity index is 696. The number of aromatic nitrogens is 3. The Morgan fingerprint density at radius 2 is 1.95 bits per heavy atom. The second-order valence-electron chi connectivity index (χ2n) is 5.58. The van der Waals surface area contributed by atoms with E-state index in [2.05, 4.69) is 15.2 Å². The summed E-state index contributed by atoms with van der Waals surface area (Å²) in [6.45, 7) is 5.40. The van der Waals surface area contributed by atoms with Gasteiger partial charge in [0, 0.05) is 12.6 Å². The minimum Gasteiger partial charge on any atom is -0.443 e. The molecule has 112 valence electrons. The van der Waals surface area contributed by atoms with Crippen LogP contribution in [0.15, 0.2) is 29.1 Å². The number of amides is 1. The lowest BCUT2D eigenvalue weighted by atomic mass is 10.1. The number of nitrogens with zero attached hydrogens (tertiary/aromatic N) is 2. The first-order valence-electron chi connectivity index (χ1n) is 6.49. The number of ether oxygens (including phenoxy) is 1. The first kappa shape index (κ1) is 14.8. The van der Waals surface area contributed by atoms with Crippen LogP contribution in [0.3, 0.4) is 0 Å². The van der Waals surface area contributed by atoms with Crippen molar-refractivity contribution in [1.82, 2.24) is 15.2 Å². The largest absolute Gasteiger partial charge is 0.443 e. The van der Waals surface area contributed by atoms with Crippen LogP contribution >= 0.6 is 0 Å². The van der Waals surface area contributed by atoms with Crippen molar-refractivity contribution in [2.24, 2.45) is 0 Å². The molecule has 0 fully saturated rings. The van der Waals surface area contributed by atoms with E-state index in [0.717, 1.165) is 0 Å². The number of anilines is 1. The zero-order valence-corrected chi connectivity index (χ0v) is 12.4. The van der Waals surface area contributed by atoms with E-state index in [1.165, 1.54) is 4.90 Å². The number of carbonyl (C=O) groups is 1. The fraction of sp³-hybridized carbons (Fsp3) is 0.357. The third-order valence-corrected chi connectivity index (χ3v) is 2.69. The zero-order valence-electron chi connectivity index (χ0n) is 12.4. The zero-order chi connectivity index (χ0) is 15.6. The van der Waals surface area contributed by atoms with E-state index in [-0.39, 0.29) is 0 Å². The maximum absolute atomic E-state index is 12.2. The SMILES string of the molecule is CN(C(=O)OC(C)(C)C)c1ccccc1-c1n[nH]c(=O)[nH]1. The van der Waals surface area contributed by atoms with Crippen LogP contribution in [0.5, 0.6) is 0 Å². The van der Waals surface area contributed by atoms with E-state index in [1.807, 2.05) is 0 Å². The van der Waals surface area contributed by atoms with Gasteiger partial charge in [0.15, 0.2) is 5.82 Å². The number of hydrogen-bond acceptors (Lipinski definition) is 4. The summed E-state index contributed by atoms with van der Waals surface area (Å²) >= 11 is 0. The van der Waals surface area contributed by atoms with E-state index < -0.39 is 17.4 Å². The first-order chi connectivity index (χ1) is 9.78. The van der Waals surface area contributed by atoms with Crippen molar-refractivity contribution >= 4 is 11.8 Å². The number of rotatable bonds is 2. The third kappa shape index (κ3) is 3.50. The molecule has 1 amide bonds. The Morgan fingerprint density at radius 1 is 1.29 bits per heavy atom. The average molecular weight is 290 g/mol. The second kappa shape index (κ2) is 5.43. The number of carbonyl (C=O) groups excluding carboxylic acids is 1. The quantitative estimate of drug-likeness (QED) is 0.886. The van der Waals surface area contributed by atoms with Crippen LogP contribution in [0, 0.1) is 0 Å². The van der Waals surface area contributed by atoms with Crippen LogP contribution in [-0.4, -0.2) is 33.9 Å². The number of para-hydroxylation sites is 1. The van der Waals surface area contributed by atoms with Crippen LogP contribution in [-0.2, 0) is 4.74 Å². The molecule has 0 aliphatic rings. The highest BCUT2D eigenvalue weighted by Crippen LogP contribution is 2.27. The Balaban J connectivity index is 2.36. The molecule has 2 N–H and O–H groups in total. The molecular weight excluding hydrogens is 272 g/mol. The molecule has 1 aromatic heterocycles. The molecule has 1 heterocycles. The van der Waals surface area contributed by atoms with Crippen molar-refractivity contribution < 1.29 is 9.53 Å². The molecule has 7 heteroatoms. The first-order valence-corrected chi connectivity index (χ1v) is 6.49. The second-order valence-corrected chi connectivity index (χ2v) is 5.58. The van der Waals surface area contributed by atoms with Gasteiger partial charge in [0.1, 0.15) is 5.60 Å². The summed E-state index contributed by atoms with van der Waals surface area (Å²) in [5.74, 6) is 0.367. The topological polar surface area (TPSA) is 91.1 Å². The lowest BCUT2D eigenvalue weighted by Gasteiger charge is -2.25. The summed E-state index contributed by atoms with van der Waals surface area (Å²) in [7, 11) is 1.61. The molecule has 0 spiro atoms. The van der Waals surface area contributed by atoms with Crippen LogP contribution < -0.4 is 10.6 Å². The highest BCUT2D eigenvalue weighted by atomic mass is 16.6. The van der Waals surface area contributed by atoms with Gasteiger partial charge >= 0.3 is 11.8 Å². The number of H-pyrrole nitrogens is 2. The van der Waals surface area contributed by atoms with Gasteiger partial charge in [-0.25, -0.2) is 14.7 Å². The van der Waals surface area contributed by atoms with Crippen molar-refractivity contribution in [3.8, 4) is 11.4 Å². The lowest BCUT2D eigenvalue weighted by molar-refractivity contribution is 0.0589. The van der Waals surface area contributed by atoms with Crippen LogP contribution in [0.25, 0.3) is 11.4 Å². The van der Waals surface area contributed by atoms with Gasteiger partial charge in [-0.15, -0.1) is 0 Å². The molecule has 21 heavy (non-hydrogen) atoms. The molecule has 0 atom stereocenters. The number of nitrogens with one attached hydrogen (secondary N) is 2. The van der Waals surface area contributed by atoms with Gasteiger partial charge in [0.25, 0.3) is 0 Å². The molecule has 0 bridgehead atoms. The fourth-order valence-corrected chi connectivity index (χ4v) is 1.79. The summed E-state index contributed by atoms with van der Waals surface area (Å²) in [4.78, 5) is 27.3. The minimum atomic E-state index is -0.582. The van der Waals surface area contributed by atoms with Gasteiger partial charge in [-0.05, 0) is 32.9 Å². The molecule has 0 saturated heterocycles. The smallest absolute Gasteiger partial charge is 0.414 e. The maximum atomic E-state index is 12.2. The summed E-state index contributed by atoms with van der Waals surface area (Å²) in [6.07, 6.45) is -0.479. The van der Waals surface area contributed by atoms with Crippen molar-refractivity contribution in [3.63, 3.8) is 0 Å². The number of benzene rings is 1. The van der Waals surface area contributed by atoms with Crippen molar-refractivity contribution in [1.29, 1.82) is 0 Å². The van der Waals surface area contributed by atoms with Gasteiger partial charge in [-0.3, -0.25) is 9.88 Å². The van der Waals surface area contributed by atoms with E-state index in [0.29, 0.717) is 17.1 Å². The molecule has 0 aliphatic carbocycles. The molecule has 1 aromatic carbocycles. The van der Waals surface area contributed by atoms with E-state index >= 15 is 0 Å². The molecule has 0 unspecified atom stereocenters. The molecule has 2 aromatic rings. The van der Waals surface area contributed by atoms with Gasteiger partial charge in [0.05, 0.1) is 5.69 Å².